The number of aliphatic hydroxyl groups is 1. The Morgan fingerprint density at radius 2 is 1.32 bits per heavy atom. The van der Waals surface area contributed by atoms with Crippen molar-refractivity contribution in [2.45, 2.75) is 70.3 Å². The lowest BCUT2D eigenvalue weighted by molar-refractivity contribution is -0.372. The molecular formula is C12H20F6O. The maximum atomic E-state index is 12.6. The van der Waals surface area contributed by atoms with Gasteiger partial charge in [-0.25, -0.2) is 0 Å². The molecule has 0 rings (SSSR count). The molecule has 0 aliphatic carbocycles. The molecule has 1 nitrogen and oxygen atoms in total. The predicted octanol–water partition coefficient (Wildman–Crippen LogP) is 4.84. The summed E-state index contributed by atoms with van der Waals surface area (Å²) in [7, 11) is 0. The number of unbranched alkanes of at least 4 members (excludes halogenated alkanes) is 1. The minimum Gasteiger partial charge on any atom is -0.374 e. The molecule has 0 aromatic rings. The zero-order valence-corrected chi connectivity index (χ0v) is 11.0. The molecule has 1 atom stereocenters. The van der Waals surface area contributed by atoms with E-state index in [1.807, 2.05) is 6.92 Å². The zero-order valence-electron chi connectivity index (χ0n) is 11.0. The van der Waals surface area contributed by atoms with E-state index in [0.29, 0.717) is 19.3 Å². The lowest BCUT2D eigenvalue weighted by Gasteiger charge is -2.35. The second-order valence-corrected chi connectivity index (χ2v) is 4.86. The lowest BCUT2D eigenvalue weighted by atomic mass is 9.84. The minimum absolute atomic E-state index is 0.245. The van der Waals surface area contributed by atoms with Crippen molar-refractivity contribution in [2.75, 3.05) is 0 Å². The molecule has 0 heterocycles. The van der Waals surface area contributed by atoms with Gasteiger partial charge in [-0.3, -0.25) is 0 Å². The summed E-state index contributed by atoms with van der Waals surface area (Å²) >= 11 is 0. The summed E-state index contributed by atoms with van der Waals surface area (Å²) in [5.74, 6) is -0.779. The summed E-state index contributed by atoms with van der Waals surface area (Å²) in [5.41, 5.74) is -4.60. The predicted molar refractivity (Wildman–Crippen MR) is 59.6 cm³/mol. The van der Waals surface area contributed by atoms with Crippen molar-refractivity contribution in [3.63, 3.8) is 0 Å². The molecule has 7 heteroatoms. The van der Waals surface area contributed by atoms with Crippen LogP contribution in [-0.4, -0.2) is 23.1 Å². The fourth-order valence-corrected chi connectivity index (χ4v) is 2.06. The Hall–Kier alpha value is -0.460. The second kappa shape index (κ2) is 6.81. The first kappa shape index (κ1) is 18.5. The SMILES string of the molecule is CCCCC(CCC)CC(O)(C(F)(F)F)C(F)(F)F. The van der Waals surface area contributed by atoms with Gasteiger partial charge in [0.1, 0.15) is 0 Å². The Kier molecular flexibility index (Phi) is 6.65. The molecule has 0 aromatic heterocycles. The van der Waals surface area contributed by atoms with E-state index in [9.17, 15) is 26.3 Å². The molecule has 1 N–H and O–H groups in total. The Bertz CT molecular complexity index is 244. The average molecular weight is 294 g/mol. The third-order valence-corrected chi connectivity index (χ3v) is 3.18. The van der Waals surface area contributed by atoms with Gasteiger partial charge in [0, 0.05) is 0 Å². The Morgan fingerprint density at radius 1 is 0.842 bits per heavy atom. The highest BCUT2D eigenvalue weighted by Crippen LogP contribution is 2.47. The van der Waals surface area contributed by atoms with Crippen molar-refractivity contribution in [2.24, 2.45) is 5.92 Å². The van der Waals surface area contributed by atoms with E-state index < -0.39 is 30.3 Å². The van der Waals surface area contributed by atoms with Gasteiger partial charge < -0.3 is 5.11 Å². The Balaban J connectivity index is 5.08. The highest BCUT2D eigenvalue weighted by molar-refractivity contribution is 4.95. The number of halogens is 6. The summed E-state index contributed by atoms with van der Waals surface area (Å²) in [4.78, 5) is 0. The fraction of sp³-hybridized carbons (Fsp3) is 1.00. The van der Waals surface area contributed by atoms with Gasteiger partial charge in [0.05, 0.1) is 0 Å². The molecule has 116 valence electrons. The average Bonchev–Trinajstić information content (AvgIpc) is 2.22. The molecule has 0 radical (unpaired) electrons. The smallest absolute Gasteiger partial charge is 0.374 e. The van der Waals surface area contributed by atoms with Gasteiger partial charge in [-0.2, -0.15) is 26.3 Å². The molecule has 0 saturated heterocycles. The molecular weight excluding hydrogens is 274 g/mol. The van der Waals surface area contributed by atoms with Crippen LogP contribution in [-0.2, 0) is 0 Å². The summed E-state index contributed by atoms with van der Waals surface area (Å²) in [5, 5.41) is 9.13. The monoisotopic (exact) mass is 294 g/mol. The molecule has 1 unspecified atom stereocenters. The summed E-state index contributed by atoms with van der Waals surface area (Å²) in [6, 6.07) is 0. The van der Waals surface area contributed by atoms with Crippen molar-refractivity contribution < 1.29 is 31.4 Å². The van der Waals surface area contributed by atoms with Crippen molar-refractivity contribution in [3.05, 3.63) is 0 Å². The molecule has 0 aliphatic rings. The van der Waals surface area contributed by atoms with Crippen molar-refractivity contribution in [3.8, 4) is 0 Å². The summed E-state index contributed by atoms with van der Waals surface area (Å²) < 4.78 is 75.3. The molecule has 0 amide bonds. The van der Waals surface area contributed by atoms with Crippen LogP contribution in [0.2, 0.25) is 0 Å². The zero-order chi connectivity index (χ0) is 15.3. The van der Waals surface area contributed by atoms with Crippen molar-refractivity contribution in [1.82, 2.24) is 0 Å². The van der Waals surface area contributed by atoms with Gasteiger partial charge in [-0.15, -0.1) is 0 Å². The number of rotatable bonds is 7. The Morgan fingerprint density at radius 3 is 1.63 bits per heavy atom. The van der Waals surface area contributed by atoms with Gasteiger partial charge in [0.15, 0.2) is 0 Å². The van der Waals surface area contributed by atoms with E-state index in [0.717, 1.165) is 0 Å². The largest absolute Gasteiger partial charge is 0.426 e. The van der Waals surface area contributed by atoms with E-state index in [-0.39, 0.29) is 12.8 Å². The molecule has 0 fully saturated rings. The van der Waals surface area contributed by atoms with E-state index in [1.54, 1.807) is 6.92 Å². The maximum absolute atomic E-state index is 12.6. The van der Waals surface area contributed by atoms with Crippen molar-refractivity contribution >= 4 is 0 Å². The maximum Gasteiger partial charge on any atom is 0.426 e. The van der Waals surface area contributed by atoms with E-state index in [2.05, 4.69) is 0 Å². The van der Waals surface area contributed by atoms with Crippen LogP contribution in [0.3, 0.4) is 0 Å². The summed E-state index contributed by atoms with van der Waals surface area (Å²) in [6.07, 6.45) is -10.5. The molecule has 0 aromatic carbocycles. The molecule has 19 heavy (non-hydrogen) atoms. The summed E-state index contributed by atoms with van der Waals surface area (Å²) in [6.45, 7) is 3.50. The van der Waals surface area contributed by atoms with Crippen LogP contribution in [0.4, 0.5) is 26.3 Å². The Labute approximate surface area is 109 Å². The van der Waals surface area contributed by atoms with E-state index in [4.69, 9.17) is 5.11 Å². The minimum atomic E-state index is -5.70. The first-order valence-electron chi connectivity index (χ1n) is 6.35. The van der Waals surface area contributed by atoms with Crippen LogP contribution in [0.15, 0.2) is 0 Å². The van der Waals surface area contributed by atoms with Gasteiger partial charge >= 0.3 is 12.4 Å². The highest BCUT2D eigenvalue weighted by atomic mass is 19.4. The van der Waals surface area contributed by atoms with Gasteiger partial charge in [-0.1, -0.05) is 46.0 Å². The first-order chi connectivity index (χ1) is 8.49. The van der Waals surface area contributed by atoms with Crippen LogP contribution < -0.4 is 0 Å². The molecule has 0 bridgehead atoms. The van der Waals surface area contributed by atoms with Gasteiger partial charge in [-0.05, 0) is 12.3 Å². The number of alkyl halides is 6. The van der Waals surface area contributed by atoms with Gasteiger partial charge in [0.2, 0.25) is 0 Å². The van der Waals surface area contributed by atoms with Crippen molar-refractivity contribution in [1.29, 1.82) is 0 Å². The third-order valence-electron chi connectivity index (χ3n) is 3.18. The van der Waals surface area contributed by atoms with Crippen LogP contribution in [0.25, 0.3) is 0 Å². The van der Waals surface area contributed by atoms with E-state index >= 15 is 0 Å². The van der Waals surface area contributed by atoms with E-state index in [1.165, 1.54) is 0 Å². The number of hydrogen-bond acceptors (Lipinski definition) is 1. The van der Waals surface area contributed by atoms with Crippen LogP contribution in [0.5, 0.6) is 0 Å². The quantitative estimate of drug-likeness (QED) is 0.666. The molecule has 0 saturated carbocycles. The fourth-order valence-electron chi connectivity index (χ4n) is 2.06. The normalized spacial score (nSPS) is 15.6. The van der Waals surface area contributed by atoms with Crippen LogP contribution >= 0.6 is 0 Å². The second-order valence-electron chi connectivity index (χ2n) is 4.86. The lowest BCUT2D eigenvalue weighted by Crippen LogP contribution is -2.57. The van der Waals surface area contributed by atoms with Crippen LogP contribution in [0, 0.1) is 5.92 Å². The topological polar surface area (TPSA) is 20.2 Å². The molecule has 0 spiro atoms. The number of hydrogen-bond donors (Lipinski definition) is 1. The highest BCUT2D eigenvalue weighted by Gasteiger charge is 2.70. The van der Waals surface area contributed by atoms with Gasteiger partial charge in [0.25, 0.3) is 5.60 Å². The third kappa shape index (κ3) is 4.85. The van der Waals surface area contributed by atoms with Crippen LogP contribution in [0.1, 0.15) is 52.4 Å². The standard InChI is InChI=1S/C12H20F6O/c1-3-5-7-9(6-4-2)8-10(19,11(13,14)15)12(16,17)18/h9,19H,3-8H2,1-2H3. The molecule has 0 aliphatic heterocycles. The first-order valence-corrected chi connectivity index (χ1v) is 6.35.